The highest BCUT2D eigenvalue weighted by atomic mass is 16.4. The second kappa shape index (κ2) is 6.83. The monoisotopic (exact) mass is 260 g/mol. The van der Waals surface area contributed by atoms with Crippen LogP contribution in [0, 0.1) is 11.8 Å². The predicted molar refractivity (Wildman–Crippen MR) is 64.2 cm³/mol. The smallest absolute Gasteiger partial charge is 0.326 e. The molecule has 7 nitrogen and oxygen atoms in total. The minimum Gasteiger partial charge on any atom is -0.480 e. The van der Waals surface area contributed by atoms with Gasteiger partial charge in [-0.25, -0.2) is 14.4 Å². The van der Waals surface area contributed by atoms with E-state index in [1.807, 2.05) is 0 Å². The Morgan fingerprint density at radius 3 is 1.22 bits per heavy atom. The van der Waals surface area contributed by atoms with Gasteiger partial charge in [-0.15, -0.1) is 0 Å². The summed E-state index contributed by atoms with van der Waals surface area (Å²) in [4.78, 5) is 33.3. The number of aliphatic carboxylic acids is 2. The summed E-state index contributed by atoms with van der Waals surface area (Å²) in [5.41, 5.74) is 0. The average Bonchev–Trinajstić information content (AvgIpc) is 2.20. The highest BCUT2D eigenvalue weighted by molar-refractivity contribution is 5.86. The van der Waals surface area contributed by atoms with Gasteiger partial charge in [0.15, 0.2) is 0 Å². The first-order valence-electron chi connectivity index (χ1n) is 5.69. The molecule has 0 radical (unpaired) electrons. The van der Waals surface area contributed by atoms with Crippen LogP contribution in [0.5, 0.6) is 0 Å². The maximum Gasteiger partial charge on any atom is 0.326 e. The van der Waals surface area contributed by atoms with Gasteiger partial charge in [-0.2, -0.15) is 0 Å². The summed E-state index contributed by atoms with van der Waals surface area (Å²) in [6.45, 7) is 6.60. The van der Waals surface area contributed by atoms with Crippen molar-refractivity contribution < 1.29 is 24.6 Å². The van der Waals surface area contributed by atoms with Crippen molar-refractivity contribution in [3.05, 3.63) is 0 Å². The van der Waals surface area contributed by atoms with Gasteiger partial charge in [0.05, 0.1) is 0 Å². The lowest BCUT2D eigenvalue weighted by Crippen LogP contribution is -2.53. The van der Waals surface area contributed by atoms with Gasteiger partial charge in [0.2, 0.25) is 0 Å². The van der Waals surface area contributed by atoms with Crippen LogP contribution in [0.15, 0.2) is 0 Å². The number of hydrogen-bond acceptors (Lipinski definition) is 3. The van der Waals surface area contributed by atoms with Crippen molar-refractivity contribution in [3.63, 3.8) is 0 Å². The highest BCUT2D eigenvalue weighted by Gasteiger charge is 2.27. The van der Waals surface area contributed by atoms with Gasteiger partial charge in [-0.3, -0.25) is 0 Å². The molecule has 0 heterocycles. The van der Waals surface area contributed by atoms with Gasteiger partial charge >= 0.3 is 18.0 Å². The largest absolute Gasteiger partial charge is 0.480 e. The standard InChI is InChI=1S/C11H20N2O5/c1-5(2)7(9(14)15)12-11(18)13-8(6(3)4)10(16)17/h5-8H,1-4H3,(H,14,15)(H,16,17)(H2,12,13,18)/t7-,8+. The number of carbonyl (C=O) groups excluding carboxylic acids is 1. The molecule has 0 unspecified atom stereocenters. The van der Waals surface area contributed by atoms with Crippen LogP contribution in [-0.4, -0.2) is 40.3 Å². The molecular formula is C11H20N2O5. The van der Waals surface area contributed by atoms with Gasteiger partial charge < -0.3 is 20.8 Å². The summed E-state index contributed by atoms with van der Waals surface area (Å²) in [6, 6.07) is -2.89. The van der Waals surface area contributed by atoms with Gasteiger partial charge in [0.25, 0.3) is 0 Å². The quantitative estimate of drug-likeness (QED) is 0.555. The fourth-order valence-electron chi connectivity index (χ4n) is 1.35. The molecule has 2 atom stereocenters. The van der Waals surface area contributed by atoms with Gasteiger partial charge in [0, 0.05) is 0 Å². The number of urea groups is 1. The van der Waals surface area contributed by atoms with E-state index < -0.39 is 30.1 Å². The third-order valence-corrected chi connectivity index (χ3v) is 2.44. The average molecular weight is 260 g/mol. The molecule has 0 aliphatic rings. The van der Waals surface area contributed by atoms with Crippen molar-refractivity contribution in [1.82, 2.24) is 10.6 Å². The molecule has 0 spiro atoms. The number of carboxylic acids is 2. The normalized spacial score (nSPS) is 14.1. The van der Waals surface area contributed by atoms with E-state index in [-0.39, 0.29) is 11.8 Å². The van der Waals surface area contributed by atoms with Crippen molar-refractivity contribution in [2.75, 3.05) is 0 Å². The van der Waals surface area contributed by atoms with E-state index in [0.29, 0.717) is 0 Å². The Labute approximate surface area is 106 Å². The SMILES string of the molecule is CC(C)[C@H](NC(=O)N[C@@H](C(=O)O)C(C)C)C(=O)O. The molecule has 7 heteroatoms. The number of carbonyl (C=O) groups is 3. The fourth-order valence-corrected chi connectivity index (χ4v) is 1.35. The molecule has 0 aromatic heterocycles. The van der Waals surface area contributed by atoms with Crippen LogP contribution in [0.4, 0.5) is 4.79 Å². The van der Waals surface area contributed by atoms with Gasteiger partial charge in [-0.1, -0.05) is 27.7 Å². The zero-order valence-electron chi connectivity index (χ0n) is 10.9. The highest BCUT2D eigenvalue weighted by Crippen LogP contribution is 2.04. The van der Waals surface area contributed by atoms with E-state index in [4.69, 9.17) is 10.2 Å². The van der Waals surface area contributed by atoms with E-state index in [2.05, 4.69) is 10.6 Å². The minimum atomic E-state index is -1.16. The number of carboxylic acid groups (broad SMARTS) is 2. The zero-order chi connectivity index (χ0) is 14.5. The molecule has 0 bridgehead atoms. The molecule has 18 heavy (non-hydrogen) atoms. The van der Waals surface area contributed by atoms with E-state index >= 15 is 0 Å². The van der Waals surface area contributed by atoms with Crippen molar-refractivity contribution >= 4 is 18.0 Å². The first-order chi connectivity index (χ1) is 8.16. The number of rotatable bonds is 6. The van der Waals surface area contributed by atoms with Crippen molar-refractivity contribution in [1.29, 1.82) is 0 Å². The lowest BCUT2D eigenvalue weighted by molar-refractivity contribution is -0.140. The Balaban J connectivity index is 4.57. The van der Waals surface area contributed by atoms with E-state index in [9.17, 15) is 14.4 Å². The summed E-state index contributed by atoms with van der Waals surface area (Å²) in [5.74, 6) is -2.90. The van der Waals surface area contributed by atoms with Crippen LogP contribution in [0.1, 0.15) is 27.7 Å². The van der Waals surface area contributed by atoms with E-state index in [1.54, 1.807) is 27.7 Å². The predicted octanol–water partition coefficient (Wildman–Crippen LogP) is 0.504. The topological polar surface area (TPSA) is 116 Å². The Bertz CT molecular complexity index is 297. The van der Waals surface area contributed by atoms with Crippen LogP contribution in [0.2, 0.25) is 0 Å². The zero-order valence-corrected chi connectivity index (χ0v) is 10.9. The van der Waals surface area contributed by atoms with Gasteiger partial charge in [-0.05, 0) is 11.8 Å². The summed E-state index contributed by atoms with van der Waals surface area (Å²) >= 11 is 0. The molecular weight excluding hydrogens is 240 g/mol. The lowest BCUT2D eigenvalue weighted by atomic mass is 10.0. The second-order valence-corrected chi connectivity index (χ2v) is 4.74. The Hall–Kier alpha value is -1.79. The van der Waals surface area contributed by atoms with Crippen molar-refractivity contribution in [3.8, 4) is 0 Å². The molecule has 0 aromatic rings. The summed E-state index contributed by atoms with van der Waals surface area (Å²) < 4.78 is 0. The number of hydrogen-bond donors (Lipinski definition) is 4. The molecule has 0 fully saturated rings. The Morgan fingerprint density at radius 1 is 0.778 bits per heavy atom. The summed E-state index contributed by atoms with van der Waals surface area (Å²) in [7, 11) is 0. The lowest BCUT2D eigenvalue weighted by Gasteiger charge is -2.22. The molecule has 0 aliphatic heterocycles. The maximum atomic E-state index is 11.5. The van der Waals surface area contributed by atoms with Crippen LogP contribution in [0.3, 0.4) is 0 Å². The molecule has 0 saturated heterocycles. The molecule has 0 saturated carbocycles. The first kappa shape index (κ1) is 16.2. The van der Waals surface area contributed by atoms with Crippen LogP contribution in [0.25, 0.3) is 0 Å². The maximum absolute atomic E-state index is 11.5. The Morgan fingerprint density at radius 2 is 1.06 bits per heavy atom. The van der Waals surface area contributed by atoms with Crippen LogP contribution < -0.4 is 10.6 Å². The van der Waals surface area contributed by atoms with Crippen LogP contribution in [-0.2, 0) is 9.59 Å². The van der Waals surface area contributed by atoms with E-state index in [0.717, 1.165) is 0 Å². The fraction of sp³-hybridized carbons (Fsp3) is 0.727. The van der Waals surface area contributed by atoms with Crippen molar-refractivity contribution in [2.45, 2.75) is 39.8 Å². The first-order valence-corrected chi connectivity index (χ1v) is 5.69. The summed E-state index contributed by atoms with van der Waals surface area (Å²) in [5, 5.41) is 22.3. The third kappa shape index (κ3) is 5.03. The number of nitrogens with one attached hydrogen (secondary N) is 2. The second-order valence-electron chi connectivity index (χ2n) is 4.74. The molecule has 0 rings (SSSR count). The molecule has 4 N–H and O–H groups in total. The number of amides is 2. The molecule has 104 valence electrons. The van der Waals surface area contributed by atoms with Crippen LogP contribution >= 0.6 is 0 Å². The van der Waals surface area contributed by atoms with E-state index in [1.165, 1.54) is 0 Å². The summed E-state index contributed by atoms with van der Waals surface area (Å²) in [6.07, 6.45) is 0. The minimum absolute atomic E-state index is 0.296. The Kier molecular flexibility index (Phi) is 6.15. The molecule has 0 aromatic carbocycles. The van der Waals surface area contributed by atoms with Crippen molar-refractivity contribution in [2.24, 2.45) is 11.8 Å². The molecule has 0 aliphatic carbocycles. The molecule has 2 amide bonds. The van der Waals surface area contributed by atoms with Gasteiger partial charge in [0.1, 0.15) is 12.1 Å². The third-order valence-electron chi connectivity index (χ3n) is 2.44.